The Hall–Kier alpha value is -2.99. The topological polar surface area (TPSA) is 49.3 Å². The largest absolute Gasteiger partial charge is 0.372 e. The van der Waals surface area contributed by atoms with Crippen molar-refractivity contribution in [3.05, 3.63) is 77.3 Å². The molecule has 3 heterocycles. The second kappa shape index (κ2) is 6.81. The van der Waals surface area contributed by atoms with E-state index in [2.05, 4.69) is 21.3 Å². The quantitative estimate of drug-likeness (QED) is 0.578. The van der Waals surface area contributed by atoms with E-state index in [-0.39, 0.29) is 17.4 Å². The first-order valence-corrected chi connectivity index (χ1v) is 10.00. The van der Waals surface area contributed by atoms with E-state index in [1.54, 1.807) is 23.1 Å². The Morgan fingerprint density at radius 1 is 1.10 bits per heavy atom. The van der Waals surface area contributed by atoms with Gasteiger partial charge in [0.1, 0.15) is 5.82 Å². The summed E-state index contributed by atoms with van der Waals surface area (Å²) in [5.41, 5.74) is 3.14. The summed E-state index contributed by atoms with van der Waals surface area (Å²) in [6.45, 7) is 1.16. The van der Waals surface area contributed by atoms with Crippen LogP contribution in [0.4, 0.5) is 20.6 Å². The molecule has 2 aliphatic heterocycles. The number of likely N-dealkylation sites (tertiary alicyclic amines) is 1. The normalized spacial score (nSPS) is 16.7. The average molecular weight is 411 g/mol. The number of carbonyl (C=O) groups is 1. The highest BCUT2D eigenvalue weighted by atomic mass is 35.5. The third-order valence-electron chi connectivity index (χ3n) is 5.85. The van der Waals surface area contributed by atoms with E-state index in [0.29, 0.717) is 23.8 Å². The molecule has 2 aliphatic rings. The summed E-state index contributed by atoms with van der Waals surface area (Å²) in [6, 6.07) is 15.9. The fourth-order valence-electron chi connectivity index (χ4n) is 4.35. The summed E-state index contributed by atoms with van der Waals surface area (Å²) < 4.78 is 16.0. The van der Waals surface area contributed by atoms with Crippen LogP contribution in [-0.4, -0.2) is 28.6 Å². The van der Waals surface area contributed by atoms with E-state index in [9.17, 15) is 9.18 Å². The van der Waals surface area contributed by atoms with Gasteiger partial charge in [-0.25, -0.2) is 9.18 Å². The molecular formula is C22H20ClFN4O. The Balaban J connectivity index is 1.36. The smallest absolute Gasteiger partial charge is 0.321 e. The van der Waals surface area contributed by atoms with Crippen molar-refractivity contribution in [3.8, 4) is 5.69 Å². The lowest BCUT2D eigenvalue weighted by molar-refractivity contribution is 0.174. The number of hydrogen-bond acceptors (Lipinski definition) is 2. The van der Waals surface area contributed by atoms with Gasteiger partial charge in [-0.2, -0.15) is 0 Å². The van der Waals surface area contributed by atoms with E-state index >= 15 is 0 Å². The monoisotopic (exact) mass is 410 g/mol. The highest BCUT2D eigenvalue weighted by Gasteiger charge is 2.42. The predicted octanol–water partition coefficient (Wildman–Crippen LogP) is 5.22. The van der Waals surface area contributed by atoms with E-state index in [0.717, 1.165) is 29.9 Å². The van der Waals surface area contributed by atoms with Gasteiger partial charge < -0.3 is 20.1 Å². The molecule has 7 heteroatoms. The van der Waals surface area contributed by atoms with Gasteiger partial charge in [-0.3, -0.25) is 0 Å². The molecule has 2 amide bonds. The van der Waals surface area contributed by atoms with Crippen LogP contribution in [0.1, 0.15) is 18.5 Å². The van der Waals surface area contributed by atoms with Crippen LogP contribution in [0.15, 0.2) is 60.8 Å². The van der Waals surface area contributed by atoms with Crippen LogP contribution in [0.3, 0.4) is 0 Å². The number of rotatable bonds is 1. The van der Waals surface area contributed by atoms with Crippen molar-refractivity contribution in [3.63, 3.8) is 0 Å². The maximum absolute atomic E-state index is 13.8. The standard InChI is InChI=1S/C22H20ClFN4O/c23-16-4-1-2-5-17(16)25-21(29)27-12-9-22(10-13-27)20-6-3-11-28(20)19-8-7-15(24)14-18(19)26-22/h1-8,11,14,26H,9-10,12-13H2,(H,25,29). The number of para-hydroxylation sites is 1. The molecule has 1 saturated heterocycles. The van der Waals surface area contributed by atoms with Gasteiger partial charge in [0.25, 0.3) is 0 Å². The molecule has 1 spiro atoms. The number of nitrogens with zero attached hydrogens (tertiary/aromatic N) is 2. The summed E-state index contributed by atoms with van der Waals surface area (Å²) in [7, 11) is 0. The zero-order valence-corrected chi connectivity index (χ0v) is 16.4. The molecule has 0 bridgehead atoms. The second-order valence-electron chi connectivity index (χ2n) is 7.53. The van der Waals surface area contributed by atoms with Gasteiger partial charge in [0.05, 0.1) is 27.6 Å². The van der Waals surface area contributed by atoms with Crippen molar-refractivity contribution in [2.75, 3.05) is 23.7 Å². The molecule has 3 aromatic rings. The minimum Gasteiger partial charge on any atom is -0.372 e. The fourth-order valence-corrected chi connectivity index (χ4v) is 4.53. The number of fused-ring (bicyclic) bond motifs is 4. The lowest BCUT2D eigenvalue weighted by Gasteiger charge is -2.46. The molecule has 0 unspecified atom stereocenters. The lowest BCUT2D eigenvalue weighted by Crippen LogP contribution is -2.51. The molecule has 2 aromatic carbocycles. The summed E-state index contributed by atoms with van der Waals surface area (Å²) >= 11 is 6.15. The molecule has 2 N–H and O–H groups in total. The Morgan fingerprint density at radius 2 is 1.90 bits per heavy atom. The first-order chi connectivity index (χ1) is 14.1. The van der Waals surface area contributed by atoms with Crippen LogP contribution in [0, 0.1) is 5.82 Å². The van der Waals surface area contributed by atoms with Gasteiger partial charge in [0, 0.05) is 25.0 Å². The number of nitrogens with one attached hydrogen (secondary N) is 2. The predicted molar refractivity (Wildman–Crippen MR) is 112 cm³/mol. The highest BCUT2D eigenvalue weighted by molar-refractivity contribution is 6.33. The van der Waals surface area contributed by atoms with Crippen LogP contribution in [0.5, 0.6) is 0 Å². The second-order valence-corrected chi connectivity index (χ2v) is 7.94. The molecule has 5 rings (SSSR count). The summed E-state index contributed by atoms with van der Waals surface area (Å²) in [5.74, 6) is -0.265. The number of aromatic nitrogens is 1. The first kappa shape index (κ1) is 18.1. The van der Waals surface area contributed by atoms with Gasteiger partial charge in [0.15, 0.2) is 0 Å². The number of halogens is 2. The first-order valence-electron chi connectivity index (χ1n) is 9.62. The number of hydrogen-bond donors (Lipinski definition) is 2. The number of piperidine rings is 1. The molecule has 0 saturated carbocycles. The molecule has 0 atom stereocenters. The molecule has 5 nitrogen and oxygen atoms in total. The van der Waals surface area contributed by atoms with Gasteiger partial charge in [0.2, 0.25) is 0 Å². The Kier molecular flexibility index (Phi) is 4.24. The van der Waals surface area contributed by atoms with E-state index < -0.39 is 0 Å². The minimum absolute atomic E-state index is 0.161. The number of anilines is 2. The zero-order valence-electron chi connectivity index (χ0n) is 15.7. The van der Waals surface area contributed by atoms with Crippen molar-refractivity contribution < 1.29 is 9.18 Å². The van der Waals surface area contributed by atoms with Crippen LogP contribution in [-0.2, 0) is 5.54 Å². The maximum atomic E-state index is 13.8. The van der Waals surface area contributed by atoms with Crippen molar-refractivity contribution in [2.24, 2.45) is 0 Å². The third kappa shape index (κ3) is 3.04. The molecule has 29 heavy (non-hydrogen) atoms. The minimum atomic E-state index is -0.328. The van der Waals surface area contributed by atoms with Gasteiger partial charge in [-0.15, -0.1) is 0 Å². The van der Waals surface area contributed by atoms with Gasteiger partial charge >= 0.3 is 6.03 Å². The number of benzene rings is 2. The summed E-state index contributed by atoms with van der Waals surface area (Å²) in [4.78, 5) is 14.5. The van der Waals surface area contributed by atoms with Crippen LogP contribution in [0.2, 0.25) is 5.02 Å². The molecule has 148 valence electrons. The molecule has 1 fully saturated rings. The third-order valence-corrected chi connectivity index (χ3v) is 6.18. The maximum Gasteiger partial charge on any atom is 0.321 e. The number of carbonyl (C=O) groups excluding carboxylic acids is 1. The number of urea groups is 1. The Morgan fingerprint density at radius 3 is 2.69 bits per heavy atom. The Bertz CT molecular complexity index is 1090. The van der Waals surface area contributed by atoms with Crippen molar-refractivity contribution in [1.29, 1.82) is 0 Å². The van der Waals surface area contributed by atoms with Crippen LogP contribution in [0.25, 0.3) is 5.69 Å². The fraction of sp³-hybridized carbons (Fsp3) is 0.227. The van der Waals surface area contributed by atoms with Crippen molar-refractivity contribution in [2.45, 2.75) is 18.4 Å². The Labute approximate surface area is 173 Å². The van der Waals surface area contributed by atoms with Crippen molar-refractivity contribution >= 4 is 29.0 Å². The van der Waals surface area contributed by atoms with Crippen LogP contribution >= 0.6 is 11.6 Å². The van der Waals surface area contributed by atoms with E-state index in [1.165, 1.54) is 12.1 Å². The molecule has 0 radical (unpaired) electrons. The van der Waals surface area contributed by atoms with E-state index in [4.69, 9.17) is 11.6 Å². The zero-order chi connectivity index (χ0) is 20.0. The van der Waals surface area contributed by atoms with Gasteiger partial charge in [-0.1, -0.05) is 23.7 Å². The summed E-state index contributed by atoms with van der Waals surface area (Å²) in [6.07, 6.45) is 3.46. The molecule has 1 aromatic heterocycles. The summed E-state index contributed by atoms with van der Waals surface area (Å²) in [5, 5.41) is 6.98. The molecular weight excluding hydrogens is 391 g/mol. The lowest BCUT2D eigenvalue weighted by atomic mass is 9.82. The number of amides is 2. The average Bonchev–Trinajstić information content (AvgIpc) is 3.21. The van der Waals surface area contributed by atoms with Crippen LogP contribution < -0.4 is 10.6 Å². The highest BCUT2D eigenvalue weighted by Crippen LogP contribution is 2.43. The van der Waals surface area contributed by atoms with Crippen molar-refractivity contribution in [1.82, 2.24) is 9.47 Å². The molecule has 0 aliphatic carbocycles. The van der Waals surface area contributed by atoms with Gasteiger partial charge in [-0.05, 0) is 55.3 Å². The SMILES string of the molecule is O=C(Nc1ccccc1Cl)N1CCC2(CC1)Nc1cc(F)ccc1-n1cccc12. The van der Waals surface area contributed by atoms with E-state index in [1.807, 2.05) is 24.4 Å².